The van der Waals surface area contributed by atoms with Crippen LogP contribution in [0, 0.1) is 11.8 Å². The molecule has 0 spiro atoms. The number of rotatable bonds is 5. The van der Waals surface area contributed by atoms with E-state index in [1.807, 2.05) is 33.9 Å². The number of hydrogen-bond acceptors (Lipinski definition) is 5. The number of likely N-dealkylation sites (tertiary alicyclic amines) is 1. The van der Waals surface area contributed by atoms with Crippen LogP contribution in [0.3, 0.4) is 0 Å². The molecule has 0 radical (unpaired) electrons. The number of nitrogens with zero attached hydrogens (tertiary/aromatic N) is 2. The van der Waals surface area contributed by atoms with E-state index < -0.39 is 0 Å². The van der Waals surface area contributed by atoms with Gasteiger partial charge in [0.25, 0.3) is 5.91 Å². The number of furan rings is 1. The molecule has 0 aliphatic carbocycles. The van der Waals surface area contributed by atoms with Crippen LogP contribution in [0.4, 0.5) is 0 Å². The second-order valence-electron chi connectivity index (χ2n) is 7.12. The predicted octanol–water partition coefficient (Wildman–Crippen LogP) is 2.95. The third-order valence-electron chi connectivity index (χ3n) is 5.36. The average molecular weight is 360 g/mol. The first-order valence-electron chi connectivity index (χ1n) is 8.84. The Balaban J connectivity index is 1.37. The zero-order valence-corrected chi connectivity index (χ0v) is 15.3. The number of likely N-dealkylation sites (N-methyl/N-ethyl adjacent to an activating group) is 1. The van der Waals surface area contributed by atoms with Crippen LogP contribution in [0.5, 0.6) is 0 Å². The van der Waals surface area contributed by atoms with E-state index in [1.165, 1.54) is 0 Å². The molecule has 4 rings (SSSR count). The van der Waals surface area contributed by atoms with E-state index in [9.17, 15) is 4.79 Å². The summed E-state index contributed by atoms with van der Waals surface area (Å²) in [6, 6.07) is 5.83. The van der Waals surface area contributed by atoms with Crippen LogP contribution in [-0.2, 0) is 11.3 Å². The van der Waals surface area contributed by atoms with Gasteiger partial charge in [0.1, 0.15) is 5.76 Å². The molecule has 2 aliphatic rings. The third kappa shape index (κ3) is 3.66. The molecule has 2 saturated heterocycles. The molecule has 2 aromatic heterocycles. The minimum atomic E-state index is 0.161. The van der Waals surface area contributed by atoms with Crippen molar-refractivity contribution in [1.29, 1.82) is 0 Å². The Kier molecular flexibility index (Phi) is 4.92. The highest BCUT2D eigenvalue weighted by atomic mass is 32.1. The van der Waals surface area contributed by atoms with Gasteiger partial charge in [-0.05, 0) is 43.0 Å². The Labute approximate surface area is 152 Å². The van der Waals surface area contributed by atoms with E-state index in [1.54, 1.807) is 17.6 Å². The Bertz CT molecular complexity index is 686. The highest BCUT2D eigenvalue weighted by Gasteiger charge is 2.42. The maximum atomic E-state index is 12.7. The molecule has 134 valence electrons. The number of carbonyl (C=O) groups is 1. The standard InChI is InChI=1S/C19H24N2O3S/c1-20(9-16-3-2-7-23-16)11-18-17-10-21(6-4-14(17)12-24-18)19(22)15-5-8-25-13-15/h2-3,5,7-8,13-14,17-18H,4,6,9-12H2,1H3/t14-,17-,18+/m0/s1. The fourth-order valence-electron chi connectivity index (χ4n) is 4.01. The van der Waals surface area contributed by atoms with E-state index >= 15 is 0 Å². The summed E-state index contributed by atoms with van der Waals surface area (Å²) in [5, 5.41) is 3.90. The van der Waals surface area contributed by atoms with Gasteiger partial charge in [0.05, 0.1) is 31.1 Å². The maximum Gasteiger partial charge on any atom is 0.254 e. The van der Waals surface area contributed by atoms with Gasteiger partial charge in [-0.15, -0.1) is 0 Å². The lowest BCUT2D eigenvalue weighted by molar-refractivity contribution is 0.0420. The lowest BCUT2D eigenvalue weighted by Gasteiger charge is -2.36. The maximum absolute atomic E-state index is 12.7. The molecule has 2 aromatic rings. The van der Waals surface area contributed by atoms with Crippen molar-refractivity contribution in [2.45, 2.75) is 19.1 Å². The molecule has 3 atom stereocenters. The van der Waals surface area contributed by atoms with E-state index in [0.717, 1.165) is 50.5 Å². The lowest BCUT2D eigenvalue weighted by Crippen LogP contribution is -2.47. The van der Waals surface area contributed by atoms with Crippen LogP contribution in [0.1, 0.15) is 22.5 Å². The van der Waals surface area contributed by atoms with Crippen molar-refractivity contribution >= 4 is 17.2 Å². The first-order valence-corrected chi connectivity index (χ1v) is 9.79. The van der Waals surface area contributed by atoms with E-state index in [0.29, 0.717) is 11.8 Å². The molecule has 25 heavy (non-hydrogen) atoms. The highest BCUT2D eigenvalue weighted by molar-refractivity contribution is 7.08. The van der Waals surface area contributed by atoms with Gasteiger partial charge >= 0.3 is 0 Å². The van der Waals surface area contributed by atoms with Gasteiger partial charge in [0, 0.05) is 30.9 Å². The summed E-state index contributed by atoms with van der Waals surface area (Å²) in [7, 11) is 2.09. The van der Waals surface area contributed by atoms with Crippen molar-refractivity contribution in [3.05, 3.63) is 46.5 Å². The van der Waals surface area contributed by atoms with Crippen molar-refractivity contribution in [1.82, 2.24) is 9.80 Å². The summed E-state index contributed by atoms with van der Waals surface area (Å²) in [6.07, 6.45) is 2.93. The molecule has 0 aromatic carbocycles. The number of hydrogen-bond donors (Lipinski definition) is 0. The molecule has 0 bridgehead atoms. The first-order chi connectivity index (χ1) is 12.2. The molecule has 1 amide bonds. The molecule has 0 unspecified atom stereocenters. The summed E-state index contributed by atoms with van der Waals surface area (Å²) < 4.78 is 11.5. The molecule has 0 N–H and O–H groups in total. The van der Waals surface area contributed by atoms with Gasteiger partial charge < -0.3 is 14.1 Å². The summed E-state index contributed by atoms with van der Waals surface area (Å²) in [4.78, 5) is 16.9. The monoisotopic (exact) mass is 360 g/mol. The van der Waals surface area contributed by atoms with Crippen molar-refractivity contribution in [2.24, 2.45) is 11.8 Å². The highest BCUT2D eigenvalue weighted by Crippen LogP contribution is 2.35. The van der Waals surface area contributed by atoms with E-state index in [4.69, 9.17) is 9.15 Å². The van der Waals surface area contributed by atoms with Crippen LogP contribution in [0.25, 0.3) is 0 Å². The predicted molar refractivity (Wildman–Crippen MR) is 96.6 cm³/mol. The van der Waals surface area contributed by atoms with E-state index in [-0.39, 0.29) is 12.0 Å². The molecule has 0 saturated carbocycles. The molecule has 2 fully saturated rings. The largest absolute Gasteiger partial charge is 0.468 e. The normalized spacial score (nSPS) is 26.2. The summed E-state index contributed by atoms with van der Waals surface area (Å²) in [6.45, 7) is 4.11. The summed E-state index contributed by atoms with van der Waals surface area (Å²) in [5.41, 5.74) is 0.814. The number of ether oxygens (including phenoxy) is 1. The molecular weight excluding hydrogens is 336 g/mol. The van der Waals surface area contributed by atoms with Crippen LogP contribution in [0.2, 0.25) is 0 Å². The Morgan fingerprint density at radius 2 is 2.36 bits per heavy atom. The lowest BCUT2D eigenvalue weighted by atomic mass is 9.84. The number of fused-ring (bicyclic) bond motifs is 1. The molecular formula is C19H24N2O3S. The number of carbonyl (C=O) groups excluding carboxylic acids is 1. The fourth-order valence-corrected chi connectivity index (χ4v) is 4.64. The van der Waals surface area contributed by atoms with Crippen molar-refractivity contribution < 1.29 is 13.9 Å². The van der Waals surface area contributed by atoms with Gasteiger partial charge in [-0.25, -0.2) is 0 Å². The Morgan fingerprint density at radius 3 is 3.12 bits per heavy atom. The second kappa shape index (κ2) is 7.32. The van der Waals surface area contributed by atoms with Crippen LogP contribution >= 0.6 is 11.3 Å². The van der Waals surface area contributed by atoms with Gasteiger partial charge in [0.15, 0.2) is 0 Å². The molecule has 2 aliphatic heterocycles. The SMILES string of the molecule is CN(Cc1ccco1)C[C@H]1OC[C@@H]2CCN(C(=O)c3ccsc3)C[C@@H]21. The molecule has 6 heteroatoms. The zero-order valence-electron chi connectivity index (χ0n) is 14.5. The second-order valence-corrected chi connectivity index (χ2v) is 7.90. The first kappa shape index (κ1) is 16.8. The zero-order chi connectivity index (χ0) is 17.2. The number of piperidine rings is 1. The van der Waals surface area contributed by atoms with Gasteiger partial charge in [0.2, 0.25) is 0 Å². The van der Waals surface area contributed by atoms with Gasteiger partial charge in [-0.1, -0.05) is 0 Å². The smallest absolute Gasteiger partial charge is 0.254 e. The average Bonchev–Trinajstić information content (AvgIpc) is 3.36. The van der Waals surface area contributed by atoms with Crippen molar-refractivity contribution in [3.63, 3.8) is 0 Å². The summed E-state index contributed by atoms with van der Waals surface area (Å²) >= 11 is 1.57. The quantitative estimate of drug-likeness (QED) is 0.822. The molecule has 4 heterocycles. The third-order valence-corrected chi connectivity index (χ3v) is 6.04. The van der Waals surface area contributed by atoms with Crippen LogP contribution in [-0.4, -0.2) is 55.1 Å². The minimum Gasteiger partial charge on any atom is -0.468 e. The van der Waals surface area contributed by atoms with Crippen molar-refractivity contribution in [3.8, 4) is 0 Å². The topological polar surface area (TPSA) is 45.9 Å². The number of thiophene rings is 1. The fraction of sp³-hybridized carbons (Fsp3) is 0.526. The minimum absolute atomic E-state index is 0.161. The van der Waals surface area contributed by atoms with Gasteiger partial charge in [-0.3, -0.25) is 9.69 Å². The van der Waals surface area contributed by atoms with Crippen LogP contribution < -0.4 is 0 Å². The van der Waals surface area contributed by atoms with E-state index in [2.05, 4.69) is 11.9 Å². The van der Waals surface area contributed by atoms with Crippen molar-refractivity contribution in [2.75, 3.05) is 33.3 Å². The Morgan fingerprint density at radius 1 is 1.44 bits per heavy atom. The van der Waals surface area contributed by atoms with Gasteiger partial charge in [-0.2, -0.15) is 11.3 Å². The molecule has 5 nitrogen and oxygen atoms in total. The summed E-state index contributed by atoms with van der Waals surface area (Å²) in [5.74, 6) is 2.13. The number of amides is 1. The Hall–Kier alpha value is -1.63. The van der Waals surface area contributed by atoms with Crippen LogP contribution in [0.15, 0.2) is 39.6 Å².